The van der Waals surface area contributed by atoms with Crippen molar-refractivity contribution in [1.29, 1.82) is 0 Å². The molecule has 0 aliphatic carbocycles. The molecule has 8 heteroatoms. The van der Waals surface area contributed by atoms with Gasteiger partial charge in [-0.05, 0) is 42.6 Å². The lowest BCUT2D eigenvalue weighted by molar-refractivity contribution is -0.142. The number of ether oxygens (including phenoxy) is 2. The van der Waals surface area contributed by atoms with Crippen LogP contribution < -0.4 is 4.90 Å². The summed E-state index contributed by atoms with van der Waals surface area (Å²) in [4.78, 5) is 38.8. The molecule has 0 N–H and O–H groups in total. The Morgan fingerprint density at radius 1 is 1.00 bits per heavy atom. The third-order valence-electron chi connectivity index (χ3n) is 4.00. The highest BCUT2D eigenvalue weighted by atomic mass is 32.1. The van der Waals surface area contributed by atoms with Crippen molar-refractivity contribution in [3.05, 3.63) is 71.2 Å². The van der Waals surface area contributed by atoms with Crippen molar-refractivity contribution in [3.8, 4) is 5.69 Å². The molecule has 1 aromatic carbocycles. The topological polar surface area (TPSA) is 77.8 Å². The van der Waals surface area contributed by atoms with Crippen LogP contribution in [0.15, 0.2) is 66.3 Å². The van der Waals surface area contributed by atoms with Gasteiger partial charge in [-0.2, -0.15) is 0 Å². The number of carbonyl (C=O) groups is 3. The predicted octanol–water partition coefficient (Wildman–Crippen LogP) is 3.29. The molecule has 2 aromatic heterocycles. The molecule has 3 aromatic rings. The van der Waals surface area contributed by atoms with E-state index in [9.17, 15) is 14.4 Å². The van der Waals surface area contributed by atoms with Gasteiger partial charge in [0.25, 0.3) is 5.91 Å². The molecule has 0 atom stereocenters. The zero-order valence-corrected chi connectivity index (χ0v) is 16.6. The molecule has 0 aliphatic rings. The maximum absolute atomic E-state index is 12.7. The highest BCUT2D eigenvalue weighted by Gasteiger charge is 2.23. The van der Waals surface area contributed by atoms with Crippen molar-refractivity contribution >= 4 is 34.9 Å². The van der Waals surface area contributed by atoms with E-state index in [0.717, 1.165) is 0 Å². The second-order valence-corrected chi connectivity index (χ2v) is 6.84. The van der Waals surface area contributed by atoms with E-state index in [2.05, 4.69) is 0 Å². The van der Waals surface area contributed by atoms with E-state index in [1.807, 2.05) is 24.5 Å². The minimum atomic E-state index is -0.596. The molecule has 3 rings (SSSR count). The summed E-state index contributed by atoms with van der Waals surface area (Å²) in [7, 11) is 0. The SMILES string of the molecule is CCOC(=O)CN(C(=O)COC(=O)c1sccc1-n1cccc1)c1ccccc1. The first kappa shape index (κ1) is 20.3. The quantitative estimate of drug-likeness (QED) is 0.531. The number of hydrogen-bond acceptors (Lipinski definition) is 6. The predicted molar refractivity (Wildman–Crippen MR) is 109 cm³/mol. The Labute approximate surface area is 172 Å². The first-order chi connectivity index (χ1) is 14.1. The number of hydrogen-bond donors (Lipinski definition) is 0. The van der Waals surface area contributed by atoms with Crippen molar-refractivity contribution in [2.45, 2.75) is 6.92 Å². The molecule has 29 heavy (non-hydrogen) atoms. The highest BCUT2D eigenvalue weighted by molar-refractivity contribution is 7.12. The summed E-state index contributed by atoms with van der Waals surface area (Å²) in [6.07, 6.45) is 3.64. The fourth-order valence-corrected chi connectivity index (χ4v) is 3.47. The van der Waals surface area contributed by atoms with Gasteiger partial charge in [0, 0.05) is 18.1 Å². The minimum Gasteiger partial charge on any atom is -0.465 e. The lowest BCUT2D eigenvalue weighted by atomic mass is 10.3. The second kappa shape index (κ2) is 9.70. The summed E-state index contributed by atoms with van der Waals surface area (Å²) < 4.78 is 12.0. The number of anilines is 1. The van der Waals surface area contributed by atoms with Gasteiger partial charge in [0.05, 0.1) is 12.3 Å². The molecule has 1 amide bonds. The Kier molecular flexibility index (Phi) is 6.80. The van der Waals surface area contributed by atoms with E-state index in [0.29, 0.717) is 16.3 Å². The molecule has 7 nitrogen and oxygen atoms in total. The van der Waals surface area contributed by atoms with E-state index in [1.54, 1.807) is 53.3 Å². The van der Waals surface area contributed by atoms with Crippen LogP contribution >= 0.6 is 11.3 Å². The van der Waals surface area contributed by atoms with Crippen LogP contribution in [0.1, 0.15) is 16.6 Å². The number of benzene rings is 1. The van der Waals surface area contributed by atoms with Gasteiger partial charge in [0.1, 0.15) is 11.4 Å². The molecule has 0 saturated carbocycles. The largest absolute Gasteiger partial charge is 0.465 e. The Bertz CT molecular complexity index is 966. The Morgan fingerprint density at radius 2 is 1.72 bits per heavy atom. The summed E-state index contributed by atoms with van der Waals surface area (Å²) in [6.45, 7) is 1.15. The first-order valence-corrected chi connectivity index (χ1v) is 9.87. The zero-order valence-electron chi connectivity index (χ0n) is 15.8. The van der Waals surface area contributed by atoms with Crippen molar-refractivity contribution < 1.29 is 23.9 Å². The van der Waals surface area contributed by atoms with Crippen LogP contribution in [0.25, 0.3) is 5.69 Å². The van der Waals surface area contributed by atoms with Gasteiger partial charge < -0.3 is 14.0 Å². The van der Waals surface area contributed by atoms with Crippen LogP contribution in [0, 0.1) is 0 Å². The number of carbonyl (C=O) groups excluding carboxylic acids is 3. The van der Waals surface area contributed by atoms with Crippen molar-refractivity contribution in [3.63, 3.8) is 0 Å². The maximum Gasteiger partial charge on any atom is 0.350 e. The van der Waals surface area contributed by atoms with Crippen LogP contribution in [0.2, 0.25) is 0 Å². The number of esters is 2. The van der Waals surface area contributed by atoms with Crippen LogP contribution in [-0.2, 0) is 19.1 Å². The van der Waals surface area contributed by atoms with Crippen LogP contribution in [-0.4, -0.2) is 42.2 Å². The molecule has 0 radical (unpaired) electrons. The Morgan fingerprint density at radius 3 is 2.41 bits per heavy atom. The zero-order chi connectivity index (χ0) is 20.6. The average molecular weight is 412 g/mol. The normalized spacial score (nSPS) is 10.4. The number of thiophene rings is 1. The molecule has 0 bridgehead atoms. The number of amides is 1. The summed E-state index contributed by atoms with van der Waals surface area (Å²) in [5.41, 5.74) is 1.20. The van der Waals surface area contributed by atoms with Gasteiger partial charge in [0.2, 0.25) is 0 Å². The summed E-state index contributed by atoms with van der Waals surface area (Å²) in [6, 6.07) is 14.2. The first-order valence-electron chi connectivity index (χ1n) is 8.99. The molecule has 0 spiro atoms. The number of para-hydroxylation sites is 1. The average Bonchev–Trinajstić information content (AvgIpc) is 3.42. The summed E-state index contributed by atoms with van der Waals surface area (Å²) >= 11 is 1.24. The lowest BCUT2D eigenvalue weighted by Crippen LogP contribution is -2.39. The van der Waals surface area contributed by atoms with Crippen molar-refractivity contribution in [2.75, 3.05) is 24.7 Å². The van der Waals surface area contributed by atoms with Gasteiger partial charge >= 0.3 is 11.9 Å². The van der Waals surface area contributed by atoms with E-state index in [4.69, 9.17) is 9.47 Å². The molecule has 0 saturated heterocycles. The van der Waals surface area contributed by atoms with Gasteiger partial charge in [0.15, 0.2) is 6.61 Å². The van der Waals surface area contributed by atoms with Crippen molar-refractivity contribution in [1.82, 2.24) is 4.57 Å². The fraction of sp³-hybridized carbons (Fsp3) is 0.190. The van der Waals surface area contributed by atoms with E-state index in [-0.39, 0.29) is 13.2 Å². The minimum absolute atomic E-state index is 0.213. The molecule has 0 unspecified atom stereocenters. The van der Waals surface area contributed by atoms with Crippen LogP contribution in [0.3, 0.4) is 0 Å². The third kappa shape index (κ3) is 5.11. The number of rotatable bonds is 8. The molecule has 0 fully saturated rings. The summed E-state index contributed by atoms with van der Waals surface area (Å²) in [5.74, 6) is -1.65. The fourth-order valence-electron chi connectivity index (χ4n) is 2.69. The molecule has 2 heterocycles. The lowest BCUT2D eigenvalue weighted by Gasteiger charge is -2.21. The Balaban J connectivity index is 1.69. The highest BCUT2D eigenvalue weighted by Crippen LogP contribution is 2.22. The van der Waals surface area contributed by atoms with E-state index < -0.39 is 24.5 Å². The van der Waals surface area contributed by atoms with E-state index in [1.165, 1.54) is 16.2 Å². The van der Waals surface area contributed by atoms with Gasteiger partial charge in [-0.25, -0.2) is 4.79 Å². The molecular weight excluding hydrogens is 392 g/mol. The summed E-state index contributed by atoms with van der Waals surface area (Å²) in [5, 5.41) is 1.78. The molecule has 150 valence electrons. The van der Waals surface area contributed by atoms with Crippen LogP contribution in [0.5, 0.6) is 0 Å². The number of nitrogens with zero attached hydrogens (tertiary/aromatic N) is 2. The van der Waals surface area contributed by atoms with Gasteiger partial charge in [-0.1, -0.05) is 18.2 Å². The Hall–Kier alpha value is -3.39. The van der Waals surface area contributed by atoms with Gasteiger partial charge in [-0.3, -0.25) is 14.5 Å². The second-order valence-electron chi connectivity index (χ2n) is 5.92. The van der Waals surface area contributed by atoms with Crippen LogP contribution in [0.4, 0.5) is 5.69 Å². The molecular formula is C21H20N2O5S. The van der Waals surface area contributed by atoms with Crippen molar-refractivity contribution in [2.24, 2.45) is 0 Å². The smallest absolute Gasteiger partial charge is 0.350 e. The third-order valence-corrected chi connectivity index (χ3v) is 4.88. The van der Waals surface area contributed by atoms with E-state index >= 15 is 0 Å². The number of aromatic nitrogens is 1. The maximum atomic E-state index is 12.7. The molecule has 0 aliphatic heterocycles. The van der Waals surface area contributed by atoms with Gasteiger partial charge in [-0.15, -0.1) is 11.3 Å². The standard InChI is InChI=1S/C21H20N2O5S/c1-2-27-19(25)14-23(16-8-4-3-5-9-16)18(24)15-28-21(26)20-17(10-13-29-20)22-11-6-7-12-22/h3-13H,2,14-15H2,1H3. The monoisotopic (exact) mass is 412 g/mol.